The summed E-state index contributed by atoms with van der Waals surface area (Å²) < 4.78 is 30.7. The first-order valence-electron chi connectivity index (χ1n) is 6.32. The van der Waals surface area contributed by atoms with E-state index in [1.165, 1.54) is 24.3 Å². The Morgan fingerprint density at radius 3 is 2.50 bits per heavy atom. The summed E-state index contributed by atoms with van der Waals surface area (Å²) in [6, 6.07) is 6.11. The standard InChI is InChI=1S/C13H18ClNO4S/c1-2-9-19-13(16)11-4-6-12(7-5-11)15-20(17,18)10-3-8-14/h4-7,15H,2-3,8-10H2,1H3. The first kappa shape index (κ1) is 16.8. The van der Waals surface area contributed by atoms with Gasteiger partial charge in [-0.1, -0.05) is 6.92 Å². The largest absolute Gasteiger partial charge is 0.462 e. The molecule has 20 heavy (non-hydrogen) atoms. The van der Waals surface area contributed by atoms with Crippen molar-refractivity contribution in [1.82, 2.24) is 0 Å². The Kier molecular flexibility index (Phi) is 6.81. The normalized spacial score (nSPS) is 11.1. The lowest BCUT2D eigenvalue weighted by molar-refractivity contribution is 0.0505. The number of alkyl halides is 1. The number of benzene rings is 1. The number of rotatable bonds is 8. The lowest BCUT2D eigenvalue weighted by atomic mass is 10.2. The van der Waals surface area contributed by atoms with Gasteiger partial charge in [-0.05, 0) is 37.1 Å². The first-order chi connectivity index (χ1) is 9.48. The second-order valence-electron chi connectivity index (χ2n) is 4.18. The number of hydrogen-bond donors (Lipinski definition) is 1. The Morgan fingerprint density at radius 1 is 1.30 bits per heavy atom. The number of hydrogen-bond acceptors (Lipinski definition) is 4. The molecule has 0 bridgehead atoms. The summed E-state index contributed by atoms with van der Waals surface area (Å²) in [4.78, 5) is 11.6. The average Bonchev–Trinajstić information content (AvgIpc) is 2.43. The number of sulfonamides is 1. The monoisotopic (exact) mass is 319 g/mol. The number of anilines is 1. The summed E-state index contributed by atoms with van der Waals surface area (Å²) in [5, 5.41) is 0. The van der Waals surface area contributed by atoms with E-state index in [0.29, 0.717) is 30.2 Å². The molecular formula is C13H18ClNO4S. The van der Waals surface area contributed by atoms with Gasteiger partial charge < -0.3 is 4.74 Å². The lowest BCUT2D eigenvalue weighted by Crippen LogP contribution is -2.17. The maximum Gasteiger partial charge on any atom is 0.338 e. The van der Waals surface area contributed by atoms with Crippen LogP contribution in [0.1, 0.15) is 30.1 Å². The van der Waals surface area contributed by atoms with Crippen molar-refractivity contribution in [2.45, 2.75) is 19.8 Å². The molecule has 1 N–H and O–H groups in total. The van der Waals surface area contributed by atoms with Crippen LogP contribution in [0.4, 0.5) is 5.69 Å². The number of ether oxygens (including phenoxy) is 1. The van der Waals surface area contributed by atoms with Crippen LogP contribution in [0.5, 0.6) is 0 Å². The molecule has 0 heterocycles. The van der Waals surface area contributed by atoms with Crippen molar-refractivity contribution >= 4 is 33.3 Å². The summed E-state index contributed by atoms with van der Waals surface area (Å²) >= 11 is 5.46. The number of esters is 1. The molecule has 0 radical (unpaired) electrons. The molecule has 5 nitrogen and oxygen atoms in total. The average molecular weight is 320 g/mol. The highest BCUT2D eigenvalue weighted by molar-refractivity contribution is 7.92. The third kappa shape index (κ3) is 5.79. The molecule has 0 fully saturated rings. The molecule has 7 heteroatoms. The van der Waals surface area contributed by atoms with Gasteiger partial charge in [0.1, 0.15) is 0 Å². The topological polar surface area (TPSA) is 72.5 Å². The SMILES string of the molecule is CCCOC(=O)c1ccc(NS(=O)(=O)CCCCl)cc1. The highest BCUT2D eigenvalue weighted by atomic mass is 35.5. The number of carbonyl (C=O) groups excluding carboxylic acids is 1. The third-order valence-corrected chi connectivity index (χ3v) is 4.02. The summed E-state index contributed by atoms with van der Waals surface area (Å²) in [5.74, 6) is -0.150. The van der Waals surface area contributed by atoms with Crippen molar-refractivity contribution in [3.05, 3.63) is 29.8 Å². The van der Waals surface area contributed by atoms with Crippen LogP contribution in [-0.4, -0.2) is 32.6 Å². The van der Waals surface area contributed by atoms with E-state index >= 15 is 0 Å². The predicted octanol–water partition coefficient (Wildman–Crippen LogP) is 2.62. The third-order valence-electron chi connectivity index (χ3n) is 2.38. The summed E-state index contributed by atoms with van der Waals surface area (Å²) in [6.45, 7) is 2.28. The maximum atomic E-state index is 11.7. The highest BCUT2D eigenvalue weighted by Crippen LogP contribution is 2.13. The van der Waals surface area contributed by atoms with Crippen molar-refractivity contribution in [2.24, 2.45) is 0 Å². The van der Waals surface area contributed by atoms with E-state index in [2.05, 4.69) is 4.72 Å². The zero-order valence-corrected chi connectivity index (χ0v) is 12.8. The van der Waals surface area contributed by atoms with E-state index in [1.807, 2.05) is 6.92 Å². The smallest absolute Gasteiger partial charge is 0.338 e. The van der Waals surface area contributed by atoms with Crippen molar-refractivity contribution < 1.29 is 17.9 Å². The molecule has 0 amide bonds. The Labute approximate surface area is 124 Å². The minimum Gasteiger partial charge on any atom is -0.462 e. The van der Waals surface area contributed by atoms with Gasteiger partial charge in [0, 0.05) is 11.6 Å². The van der Waals surface area contributed by atoms with Gasteiger partial charge in [0.15, 0.2) is 0 Å². The zero-order valence-electron chi connectivity index (χ0n) is 11.3. The van der Waals surface area contributed by atoms with Gasteiger partial charge in [-0.15, -0.1) is 11.6 Å². The molecule has 0 atom stereocenters. The van der Waals surface area contributed by atoms with E-state index in [9.17, 15) is 13.2 Å². The van der Waals surface area contributed by atoms with Crippen LogP contribution in [0.25, 0.3) is 0 Å². The molecular weight excluding hydrogens is 302 g/mol. The maximum absolute atomic E-state index is 11.7. The minimum absolute atomic E-state index is 0.0310. The molecule has 0 spiro atoms. The van der Waals surface area contributed by atoms with Crippen LogP contribution in [-0.2, 0) is 14.8 Å². The fourth-order valence-corrected chi connectivity index (χ4v) is 2.84. The van der Waals surface area contributed by atoms with E-state index in [1.54, 1.807) is 0 Å². The van der Waals surface area contributed by atoms with Crippen LogP contribution >= 0.6 is 11.6 Å². The fourth-order valence-electron chi connectivity index (χ4n) is 1.43. The van der Waals surface area contributed by atoms with Gasteiger partial charge in [-0.3, -0.25) is 4.72 Å². The van der Waals surface area contributed by atoms with E-state index in [-0.39, 0.29) is 5.75 Å². The van der Waals surface area contributed by atoms with Crippen LogP contribution in [0.3, 0.4) is 0 Å². The van der Waals surface area contributed by atoms with Crippen LogP contribution in [0, 0.1) is 0 Å². The molecule has 1 aromatic rings. The molecule has 0 saturated heterocycles. The molecule has 0 aliphatic rings. The molecule has 1 rings (SSSR count). The van der Waals surface area contributed by atoms with Gasteiger partial charge >= 0.3 is 5.97 Å². The summed E-state index contributed by atoms with van der Waals surface area (Å²) in [7, 11) is -3.39. The fraction of sp³-hybridized carbons (Fsp3) is 0.462. The molecule has 0 aromatic heterocycles. The highest BCUT2D eigenvalue weighted by Gasteiger charge is 2.11. The van der Waals surface area contributed by atoms with Crippen molar-refractivity contribution in [3.8, 4) is 0 Å². The van der Waals surface area contributed by atoms with Gasteiger partial charge in [0.25, 0.3) is 0 Å². The summed E-state index contributed by atoms with van der Waals surface area (Å²) in [6.07, 6.45) is 1.14. The number of halogens is 1. The quantitative estimate of drug-likeness (QED) is 0.590. The summed E-state index contributed by atoms with van der Waals surface area (Å²) in [5.41, 5.74) is 0.800. The number of carbonyl (C=O) groups is 1. The van der Waals surface area contributed by atoms with E-state index in [4.69, 9.17) is 16.3 Å². The van der Waals surface area contributed by atoms with Gasteiger partial charge in [-0.2, -0.15) is 0 Å². The second kappa shape index (κ2) is 8.11. The van der Waals surface area contributed by atoms with Gasteiger partial charge in [0.05, 0.1) is 17.9 Å². The first-order valence-corrected chi connectivity index (χ1v) is 8.51. The van der Waals surface area contributed by atoms with Gasteiger partial charge in [-0.25, -0.2) is 13.2 Å². The molecule has 112 valence electrons. The Hall–Kier alpha value is -1.27. The minimum atomic E-state index is -3.39. The number of nitrogens with one attached hydrogen (secondary N) is 1. The Balaban J connectivity index is 2.65. The Morgan fingerprint density at radius 2 is 1.95 bits per heavy atom. The van der Waals surface area contributed by atoms with Crippen LogP contribution < -0.4 is 4.72 Å². The van der Waals surface area contributed by atoms with Crippen molar-refractivity contribution in [2.75, 3.05) is 23.0 Å². The molecule has 0 unspecified atom stereocenters. The van der Waals surface area contributed by atoms with Crippen molar-refractivity contribution in [1.29, 1.82) is 0 Å². The van der Waals surface area contributed by atoms with Crippen molar-refractivity contribution in [3.63, 3.8) is 0 Å². The predicted molar refractivity (Wildman–Crippen MR) is 79.8 cm³/mol. The lowest BCUT2D eigenvalue weighted by Gasteiger charge is -2.08. The van der Waals surface area contributed by atoms with Gasteiger partial charge in [0.2, 0.25) is 10.0 Å². The molecule has 1 aromatic carbocycles. The Bertz CT molecular complexity index is 528. The van der Waals surface area contributed by atoms with Crippen LogP contribution in [0.15, 0.2) is 24.3 Å². The molecule has 0 aliphatic heterocycles. The van der Waals surface area contributed by atoms with E-state index < -0.39 is 16.0 Å². The van der Waals surface area contributed by atoms with Crippen LogP contribution in [0.2, 0.25) is 0 Å². The second-order valence-corrected chi connectivity index (χ2v) is 6.40. The van der Waals surface area contributed by atoms with E-state index in [0.717, 1.165) is 6.42 Å². The molecule has 0 aliphatic carbocycles. The zero-order chi connectivity index (χ0) is 15.0. The molecule has 0 saturated carbocycles.